The van der Waals surface area contributed by atoms with E-state index in [1.807, 2.05) is 44.2 Å². The molecule has 6 heteroatoms. The van der Waals surface area contributed by atoms with Crippen LogP contribution in [0.15, 0.2) is 54.6 Å². The van der Waals surface area contributed by atoms with E-state index in [2.05, 4.69) is 10.6 Å². The highest BCUT2D eigenvalue weighted by Gasteiger charge is 2.30. The summed E-state index contributed by atoms with van der Waals surface area (Å²) in [6, 6.07) is 14.6. The zero-order valence-electron chi connectivity index (χ0n) is 15.5. The summed E-state index contributed by atoms with van der Waals surface area (Å²) >= 11 is 0. The van der Waals surface area contributed by atoms with Gasteiger partial charge in [-0.2, -0.15) is 13.2 Å². The maximum absolute atomic E-state index is 12.7. The zero-order valence-corrected chi connectivity index (χ0v) is 15.5. The number of hydrogen-bond acceptors (Lipinski definition) is 2. The largest absolute Gasteiger partial charge is 0.416 e. The lowest BCUT2D eigenvalue weighted by Crippen LogP contribution is -2.35. The average molecular weight is 378 g/mol. The van der Waals surface area contributed by atoms with Crippen molar-refractivity contribution in [2.24, 2.45) is 5.92 Å². The highest BCUT2D eigenvalue weighted by Crippen LogP contribution is 2.30. The summed E-state index contributed by atoms with van der Waals surface area (Å²) in [6.45, 7) is 4.49. The van der Waals surface area contributed by atoms with Crippen LogP contribution in [0.5, 0.6) is 0 Å². The summed E-state index contributed by atoms with van der Waals surface area (Å²) in [5.41, 5.74) is 1.03. The van der Waals surface area contributed by atoms with Gasteiger partial charge in [-0.25, -0.2) is 0 Å². The molecule has 0 saturated carbocycles. The Morgan fingerprint density at radius 1 is 1.00 bits per heavy atom. The van der Waals surface area contributed by atoms with Crippen molar-refractivity contribution in [2.45, 2.75) is 38.9 Å². The molecule has 146 valence electrons. The molecular formula is C21H25F3N2O. The summed E-state index contributed by atoms with van der Waals surface area (Å²) in [7, 11) is 0. The number of nitrogens with one attached hydrogen (secondary N) is 2. The van der Waals surface area contributed by atoms with E-state index in [1.165, 1.54) is 12.1 Å². The molecule has 27 heavy (non-hydrogen) atoms. The Hall–Kier alpha value is -2.50. The normalized spacial score (nSPS) is 12.7. The Bertz CT molecular complexity index is 712. The van der Waals surface area contributed by atoms with E-state index >= 15 is 0 Å². The number of carbonyl (C=O) groups is 1. The van der Waals surface area contributed by atoms with Crippen molar-refractivity contribution in [1.29, 1.82) is 0 Å². The fourth-order valence-electron chi connectivity index (χ4n) is 2.69. The van der Waals surface area contributed by atoms with E-state index in [0.29, 0.717) is 12.2 Å². The molecular weight excluding hydrogens is 353 g/mol. The second-order valence-electron chi connectivity index (χ2n) is 6.86. The molecule has 0 bridgehead atoms. The van der Waals surface area contributed by atoms with Crippen LogP contribution in [-0.2, 0) is 17.4 Å². The quantitative estimate of drug-likeness (QED) is 0.687. The molecule has 1 amide bonds. The number of alkyl halides is 3. The van der Waals surface area contributed by atoms with E-state index in [-0.39, 0.29) is 24.3 Å². The van der Waals surface area contributed by atoms with Crippen molar-refractivity contribution in [3.05, 3.63) is 65.7 Å². The molecule has 1 atom stereocenters. The monoisotopic (exact) mass is 378 g/mol. The lowest BCUT2D eigenvalue weighted by Gasteiger charge is -2.23. The molecule has 2 rings (SSSR count). The summed E-state index contributed by atoms with van der Waals surface area (Å²) in [5, 5.41) is 6.07. The number of anilines is 1. The SMILES string of the molecule is CC(C)[C@H](CC(=O)NCCc1ccccc1)Nc1ccc(C(F)(F)F)cc1. The van der Waals surface area contributed by atoms with Gasteiger partial charge in [0.1, 0.15) is 0 Å². The summed E-state index contributed by atoms with van der Waals surface area (Å²) in [6.07, 6.45) is -3.34. The van der Waals surface area contributed by atoms with Gasteiger partial charge in [-0.3, -0.25) is 4.79 Å². The first-order valence-corrected chi connectivity index (χ1v) is 9.00. The molecule has 2 aromatic carbocycles. The first-order chi connectivity index (χ1) is 12.8. The third-order valence-electron chi connectivity index (χ3n) is 4.35. The number of hydrogen-bond donors (Lipinski definition) is 2. The summed E-state index contributed by atoms with van der Waals surface area (Å²) in [5.74, 6) is 0.0659. The van der Waals surface area contributed by atoms with E-state index < -0.39 is 11.7 Å². The van der Waals surface area contributed by atoms with Gasteiger partial charge >= 0.3 is 6.18 Å². The number of rotatable bonds is 8. The zero-order chi connectivity index (χ0) is 19.9. The first kappa shape index (κ1) is 20.8. The molecule has 0 spiro atoms. The fourth-order valence-corrected chi connectivity index (χ4v) is 2.69. The van der Waals surface area contributed by atoms with Gasteiger partial charge in [-0.15, -0.1) is 0 Å². The predicted molar refractivity (Wildman–Crippen MR) is 101 cm³/mol. The smallest absolute Gasteiger partial charge is 0.382 e. The molecule has 0 aliphatic carbocycles. The summed E-state index contributed by atoms with van der Waals surface area (Å²) < 4.78 is 38.0. The van der Waals surface area contributed by atoms with Crippen LogP contribution in [0.3, 0.4) is 0 Å². The third-order valence-corrected chi connectivity index (χ3v) is 4.35. The highest BCUT2D eigenvalue weighted by molar-refractivity contribution is 5.77. The standard InChI is InChI=1S/C21H25F3N2O/c1-15(2)19(26-18-10-8-17(9-11-18)21(22,23)24)14-20(27)25-13-12-16-6-4-3-5-7-16/h3-11,15,19,26H,12-14H2,1-2H3,(H,25,27)/t19-/m0/s1. The predicted octanol–water partition coefficient (Wildman–Crippen LogP) is 4.89. The van der Waals surface area contributed by atoms with Gasteiger partial charge in [-0.05, 0) is 42.2 Å². The molecule has 0 saturated heterocycles. The highest BCUT2D eigenvalue weighted by atomic mass is 19.4. The van der Waals surface area contributed by atoms with E-state index in [1.54, 1.807) is 0 Å². The van der Waals surface area contributed by atoms with Crippen molar-refractivity contribution in [3.8, 4) is 0 Å². The molecule has 0 aliphatic rings. The average Bonchev–Trinajstić information content (AvgIpc) is 2.61. The molecule has 0 unspecified atom stereocenters. The third kappa shape index (κ3) is 6.96. The van der Waals surface area contributed by atoms with E-state index in [9.17, 15) is 18.0 Å². The van der Waals surface area contributed by atoms with Crippen molar-refractivity contribution >= 4 is 11.6 Å². The Morgan fingerprint density at radius 3 is 2.19 bits per heavy atom. The van der Waals surface area contributed by atoms with Gasteiger partial charge in [0.15, 0.2) is 0 Å². The van der Waals surface area contributed by atoms with Crippen molar-refractivity contribution in [2.75, 3.05) is 11.9 Å². The van der Waals surface area contributed by atoms with Gasteiger partial charge in [0, 0.05) is 24.7 Å². The molecule has 2 aromatic rings. The van der Waals surface area contributed by atoms with Crippen molar-refractivity contribution < 1.29 is 18.0 Å². The van der Waals surface area contributed by atoms with Crippen LogP contribution in [0.1, 0.15) is 31.4 Å². The number of halogens is 3. The number of carbonyl (C=O) groups excluding carboxylic acids is 1. The second kappa shape index (κ2) is 9.44. The molecule has 2 N–H and O–H groups in total. The number of benzene rings is 2. The molecule has 0 radical (unpaired) electrons. The Balaban J connectivity index is 1.86. The van der Waals surface area contributed by atoms with Crippen LogP contribution in [-0.4, -0.2) is 18.5 Å². The molecule has 3 nitrogen and oxygen atoms in total. The van der Waals surface area contributed by atoms with Crippen molar-refractivity contribution in [3.63, 3.8) is 0 Å². The van der Waals surface area contributed by atoms with Gasteiger partial charge in [0.25, 0.3) is 0 Å². The van der Waals surface area contributed by atoms with E-state index in [4.69, 9.17) is 0 Å². The topological polar surface area (TPSA) is 41.1 Å². The van der Waals surface area contributed by atoms with Crippen LogP contribution >= 0.6 is 0 Å². The number of amides is 1. The second-order valence-corrected chi connectivity index (χ2v) is 6.86. The molecule has 0 heterocycles. The maximum Gasteiger partial charge on any atom is 0.416 e. The van der Waals surface area contributed by atoms with Crippen molar-refractivity contribution in [1.82, 2.24) is 5.32 Å². The minimum absolute atomic E-state index is 0.0796. The van der Waals surface area contributed by atoms with Gasteiger partial charge in [0.2, 0.25) is 5.91 Å². The van der Waals surface area contributed by atoms with Crippen LogP contribution in [0.2, 0.25) is 0 Å². The molecule has 0 aromatic heterocycles. The van der Waals surface area contributed by atoms with Crippen LogP contribution in [0.25, 0.3) is 0 Å². The first-order valence-electron chi connectivity index (χ1n) is 9.00. The Morgan fingerprint density at radius 2 is 1.63 bits per heavy atom. The Labute approximate surface area is 158 Å². The van der Waals surface area contributed by atoms with Crippen LogP contribution in [0, 0.1) is 5.92 Å². The fraction of sp³-hybridized carbons (Fsp3) is 0.381. The summed E-state index contributed by atoms with van der Waals surface area (Å²) in [4.78, 5) is 12.2. The van der Waals surface area contributed by atoms with Gasteiger partial charge in [0.05, 0.1) is 5.56 Å². The molecule has 0 fully saturated rings. The van der Waals surface area contributed by atoms with E-state index in [0.717, 1.165) is 24.1 Å². The minimum Gasteiger partial charge on any atom is -0.382 e. The lowest BCUT2D eigenvalue weighted by molar-refractivity contribution is -0.137. The minimum atomic E-state index is -4.35. The Kier molecular flexibility index (Phi) is 7.28. The van der Waals surface area contributed by atoms with Gasteiger partial charge in [-0.1, -0.05) is 44.2 Å². The maximum atomic E-state index is 12.7. The van der Waals surface area contributed by atoms with Gasteiger partial charge < -0.3 is 10.6 Å². The lowest BCUT2D eigenvalue weighted by atomic mass is 10.00. The van der Waals surface area contributed by atoms with Crippen LogP contribution < -0.4 is 10.6 Å². The van der Waals surface area contributed by atoms with Crippen LogP contribution in [0.4, 0.5) is 18.9 Å². The molecule has 0 aliphatic heterocycles.